The maximum atomic E-state index is 11.8. The van der Waals surface area contributed by atoms with Gasteiger partial charge in [-0.1, -0.05) is 38.7 Å². The first-order valence-electron chi connectivity index (χ1n) is 6.68. The summed E-state index contributed by atoms with van der Waals surface area (Å²) in [6.07, 6.45) is 5.75. The molecule has 1 aromatic carbocycles. The number of benzene rings is 1. The second-order valence-electron chi connectivity index (χ2n) is 4.62. The molecule has 2 N–H and O–H groups in total. The number of esters is 1. The Morgan fingerprint density at radius 2 is 1.94 bits per heavy atom. The van der Waals surface area contributed by atoms with Crippen molar-refractivity contribution in [2.24, 2.45) is 0 Å². The van der Waals surface area contributed by atoms with Gasteiger partial charge in [-0.05, 0) is 31.0 Å². The van der Waals surface area contributed by atoms with Gasteiger partial charge in [0, 0.05) is 5.69 Å². The van der Waals surface area contributed by atoms with Gasteiger partial charge in [0.05, 0.1) is 12.2 Å². The summed E-state index contributed by atoms with van der Waals surface area (Å²) in [6, 6.07) is 5.30. The molecule has 1 aromatic rings. The highest BCUT2D eigenvalue weighted by Gasteiger charge is 2.10. The van der Waals surface area contributed by atoms with Crippen molar-refractivity contribution in [2.75, 3.05) is 12.3 Å². The highest BCUT2D eigenvalue weighted by Crippen LogP contribution is 2.14. The summed E-state index contributed by atoms with van der Waals surface area (Å²) in [5, 5.41) is 0. The smallest absolute Gasteiger partial charge is 0.338 e. The summed E-state index contributed by atoms with van der Waals surface area (Å²) in [5.41, 5.74) is 7.74. The molecule has 0 fully saturated rings. The molecule has 100 valence electrons. The zero-order valence-electron chi connectivity index (χ0n) is 11.4. The van der Waals surface area contributed by atoms with E-state index in [1.807, 2.05) is 13.0 Å². The molecular weight excluding hydrogens is 226 g/mol. The van der Waals surface area contributed by atoms with Crippen LogP contribution < -0.4 is 5.73 Å². The van der Waals surface area contributed by atoms with Crippen molar-refractivity contribution >= 4 is 11.7 Å². The van der Waals surface area contributed by atoms with Gasteiger partial charge in [0.15, 0.2) is 0 Å². The first-order valence-corrected chi connectivity index (χ1v) is 6.68. The molecule has 0 unspecified atom stereocenters. The van der Waals surface area contributed by atoms with E-state index in [2.05, 4.69) is 6.92 Å². The Hall–Kier alpha value is -1.51. The summed E-state index contributed by atoms with van der Waals surface area (Å²) in [4.78, 5) is 11.8. The predicted molar refractivity (Wildman–Crippen MR) is 74.6 cm³/mol. The normalized spacial score (nSPS) is 10.3. The molecule has 0 bridgehead atoms. The number of hydrogen-bond acceptors (Lipinski definition) is 3. The Balaban J connectivity index is 2.34. The maximum absolute atomic E-state index is 11.8. The van der Waals surface area contributed by atoms with E-state index >= 15 is 0 Å². The van der Waals surface area contributed by atoms with Crippen LogP contribution in [0, 0.1) is 6.92 Å². The molecule has 0 atom stereocenters. The molecule has 18 heavy (non-hydrogen) atoms. The standard InChI is InChI=1S/C15H23NO2/c1-3-4-5-6-7-10-18-15(17)14-11-13(16)9-8-12(14)2/h8-9,11H,3-7,10,16H2,1-2H3. The highest BCUT2D eigenvalue weighted by atomic mass is 16.5. The van der Waals surface area contributed by atoms with Crippen molar-refractivity contribution in [3.8, 4) is 0 Å². The van der Waals surface area contributed by atoms with Crippen molar-refractivity contribution in [3.63, 3.8) is 0 Å². The lowest BCUT2D eigenvalue weighted by atomic mass is 10.1. The fraction of sp³-hybridized carbons (Fsp3) is 0.533. The number of rotatable bonds is 7. The van der Waals surface area contributed by atoms with Crippen molar-refractivity contribution in [1.29, 1.82) is 0 Å². The van der Waals surface area contributed by atoms with E-state index in [4.69, 9.17) is 10.5 Å². The number of anilines is 1. The maximum Gasteiger partial charge on any atom is 0.338 e. The lowest BCUT2D eigenvalue weighted by molar-refractivity contribution is 0.0497. The Bertz CT molecular complexity index is 388. The first kappa shape index (κ1) is 14.6. The minimum atomic E-state index is -0.268. The van der Waals surface area contributed by atoms with Crippen LogP contribution in [-0.4, -0.2) is 12.6 Å². The van der Waals surface area contributed by atoms with Crippen LogP contribution in [0.5, 0.6) is 0 Å². The SMILES string of the molecule is CCCCCCCOC(=O)c1cc(N)ccc1C. The summed E-state index contributed by atoms with van der Waals surface area (Å²) >= 11 is 0. The van der Waals surface area contributed by atoms with Gasteiger partial charge in [-0.3, -0.25) is 0 Å². The molecule has 0 aliphatic carbocycles. The Morgan fingerprint density at radius 3 is 2.67 bits per heavy atom. The van der Waals surface area contributed by atoms with Crippen molar-refractivity contribution in [3.05, 3.63) is 29.3 Å². The Morgan fingerprint density at radius 1 is 1.22 bits per heavy atom. The van der Waals surface area contributed by atoms with E-state index in [0.29, 0.717) is 17.9 Å². The Kier molecular flexibility index (Phi) is 6.26. The molecule has 0 heterocycles. The third-order valence-electron chi connectivity index (χ3n) is 2.96. The molecular formula is C15H23NO2. The van der Waals surface area contributed by atoms with Gasteiger partial charge in [0.25, 0.3) is 0 Å². The summed E-state index contributed by atoms with van der Waals surface area (Å²) in [7, 11) is 0. The average Bonchev–Trinajstić information content (AvgIpc) is 2.36. The number of carbonyl (C=O) groups excluding carboxylic acids is 1. The van der Waals surface area contributed by atoms with E-state index in [1.165, 1.54) is 19.3 Å². The van der Waals surface area contributed by atoms with Gasteiger partial charge in [0.2, 0.25) is 0 Å². The third kappa shape index (κ3) is 4.78. The number of unbranched alkanes of at least 4 members (excludes halogenated alkanes) is 4. The summed E-state index contributed by atoms with van der Waals surface area (Å²) < 4.78 is 5.25. The molecule has 1 rings (SSSR count). The van der Waals surface area contributed by atoms with E-state index in [0.717, 1.165) is 18.4 Å². The lowest BCUT2D eigenvalue weighted by Crippen LogP contribution is -2.08. The molecule has 0 aromatic heterocycles. The second kappa shape index (κ2) is 7.75. The molecule has 3 nitrogen and oxygen atoms in total. The quantitative estimate of drug-likeness (QED) is 0.455. The average molecular weight is 249 g/mol. The number of nitrogen functional groups attached to an aromatic ring is 1. The summed E-state index contributed by atoms with van der Waals surface area (Å²) in [6.45, 7) is 4.57. The minimum absolute atomic E-state index is 0.268. The predicted octanol–water partition coefficient (Wildman–Crippen LogP) is 3.70. The van der Waals surface area contributed by atoms with Gasteiger partial charge in [-0.15, -0.1) is 0 Å². The van der Waals surface area contributed by atoms with Crippen LogP contribution in [0.15, 0.2) is 18.2 Å². The second-order valence-corrected chi connectivity index (χ2v) is 4.62. The van der Waals surface area contributed by atoms with Gasteiger partial charge in [-0.25, -0.2) is 4.79 Å². The topological polar surface area (TPSA) is 52.3 Å². The van der Waals surface area contributed by atoms with Crippen LogP contribution in [0.1, 0.15) is 54.9 Å². The van der Waals surface area contributed by atoms with Crippen molar-refractivity contribution in [1.82, 2.24) is 0 Å². The zero-order valence-corrected chi connectivity index (χ0v) is 11.4. The molecule has 0 amide bonds. The minimum Gasteiger partial charge on any atom is -0.462 e. The molecule has 0 radical (unpaired) electrons. The Labute approximate surface area is 109 Å². The van der Waals surface area contributed by atoms with Gasteiger partial charge >= 0.3 is 5.97 Å². The first-order chi connectivity index (χ1) is 8.65. The molecule has 0 aliphatic heterocycles. The van der Waals surface area contributed by atoms with Crippen LogP contribution in [0.2, 0.25) is 0 Å². The number of hydrogen-bond donors (Lipinski definition) is 1. The van der Waals surface area contributed by atoms with E-state index in [9.17, 15) is 4.79 Å². The molecule has 0 spiro atoms. The van der Waals surface area contributed by atoms with Crippen molar-refractivity contribution in [2.45, 2.75) is 46.0 Å². The van der Waals surface area contributed by atoms with E-state index in [-0.39, 0.29) is 5.97 Å². The fourth-order valence-electron chi connectivity index (χ4n) is 1.81. The highest BCUT2D eigenvalue weighted by molar-refractivity contribution is 5.92. The van der Waals surface area contributed by atoms with Gasteiger partial charge < -0.3 is 10.5 Å². The van der Waals surface area contributed by atoms with Gasteiger partial charge in [-0.2, -0.15) is 0 Å². The zero-order chi connectivity index (χ0) is 13.4. The number of aryl methyl sites for hydroxylation is 1. The fourth-order valence-corrected chi connectivity index (χ4v) is 1.81. The van der Waals surface area contributed by atoms with Gasteiger partial charge in [0.1, 0.15) is 0 Å². The van der Waals surface area contributed by atoms with Crippen LogP contribution in [-0.2, 0) is 4.74 Å². The monoisotopic (exact) mass is 249 g/mol. The van der Waals surface area contributed by atoms with Crippen molar-refractivity contribution < 1.29 is 9.53 Å². The number of nitrogens with two attached hydrogens (primary N) is 1. The number of ether oxygens (including phenoxy) is 1. The third-order valence-corrected chi connectivity index (χ3v) is 2.96. The largest absolute Gasteiger partial charge is 0.462 e. The molecule has 0 saturated carbocycles. The molecule has 3 heteroatoms. The number of carbonyl (C=O) groups is 1. The van der Waals surface area contributed by atoms with E-state index < -0.39 is 0 Å². The van der Waals surface area contributed by atoms with Crippen LogP contribution in [0.3, 0.4) is 0 Å². The molecule has 0 saturated heterocycles. The molecule has 0 aliphatic rings. The van der Waals surface area contributed by atoms with Crippen LogP contribution >= 0.6 is 0 Å². The summed E-state index contributed by atoms with van der Waals surface area (Å²) in [5.74, 6) is -0.268. The van der Waals surface area contributed by atoms with Crippen LogP contribution in [0.4, 0.5) is 5.69 Å². The lowest BCUT2D eigenvalue weighted by Gasteiger charge is -2.07. The van der Waals surface area contributed by atoms with E-state index in [1.54, 1.807) is 12.1 Å². The van der Waals surface area contributed by atoms with Crippen LogP contribution in [0.25, 0.3) is 0 Å².